The highest BCUT2D eigenvalue weighted by molar-refractivity contribution is 6.05. The van der Waals surface area contributed by atoms with Crippen LogP contribution in [0.25, 0.3) is 33.1 Å². The SMILES string of the molecule is COCc1nc2cnc3cc(-c4c(C)noc4C)c(OCC4CCNC4)cc3c2n1C(C)c1ccccc1.Cl. The standard InChI is InChI=1S/C30H33N5O3.ClH/c1-18-29(20(3)38-34-18)24-12-25-23(13-27(24)37-16-21-10-11-31-14-21)30-26(15-32-25)33-28(17-36-4)35(30)19(2)22-8-6-5-7-9-22;/h5-9,12-13,15,19,21,31H,10-11,14,16-17H2,1-4H3;1H. The molecule has 1 N–H and O–H groups in total. The van der Waals surface area contributed by atoms with Gasteiger partial charge in [-0.3, -0.25) is 4.98 Å². The largest absolute Gasteiger partial charge is 0.493 e. The number of nitrogens with one attached hydrogen (secondary N) is 1. The number of hydrogen-bond acceptors (Lipinski definition) is 7. The van der Waals surface area contributed by atoms with E-state index in [0.717, 1.165) is 75.6 Å². The van der Waals surface area contributed by atoms with Gasteiger partial charge >= 0.3 is 0 Å². The number of nitrogens with zero attached hydrogens (tertiary/aromatic N) is 4. The van der Waals surface area contributed by atoms with Crippen molar-refractivity contribution in [1.29, 1.82) is 0 Å². The first-order valence-electron chi connectivity index (χ1n) is 13.2. The van der Waals surface area contributed by atoms with Crippen LogP contribution in [0.2, 0.25) is 0 Å². The summed E-state index contributed by atoms with van der Waals surface area (Å²) in [5.74, 6) is 2.92. The van der Waals surface area contributed by atoms with Crippen LogP contribution in [-0.2, 0) is 11.3 Å². The van der Waals surface area contributed by atoms with E-state index in [1.807, 2.05) is 26.1 Å². The lowest BCUT2D eigenvalue weighted by Crippen LogP contribution is -2.16. The average Bonchev–Trinajstić information content (AvgIpc) is 3.66. The second kappa shape index (κ2) is 11.3. The number of methoxy groups -OCH3 is 1. The molecule has 1 saturated heterocycles. The third-order valence-electron chi connectivity index (χ3n) is 7.57. The summed E-state index contributed by atoms with van der Waals surface area (Å²) in [6.07, 6.45) is 2.97. The van der Waals surface area contributed by atoms with E-state index in [-0.39, 0.29) is 18.4 Å². The van der Waals surface area contributed by atoms with Gasteiger partial charge in [-0.2, -0.15) is 0 Å². The van der Waals surface area contributed by atoms with Crippen LogP contribution in [0.3, 0.4) is 0 Å². The Morgan fingerprint density at radius 1 is 1.15 bits per heavy atom. The highest BCUT2D eigenvalue weighted by atomic mass is 35.5. The molecule has 0 aliphatic carbocycles. The number of benzene rings is 2. The van der Waals surface area contributed by atoms with Crippen molar-refractivity contribution in [2.75, 3.05) is 26.8 Å². The molecular formula is C30H34ClN5O3. The van der Waals surface area contributed by atoms with Crippen molar-refractivity contribution in [1.82, 2.24) is 25.0 Å². The van der Waals surface area contributed by atoms with E-state index in [9.17, 15) is 0 Å². The Kier molecular flexibility index (Phi) is 7.88. The Bertz CT molecular complexity index is 1570. The van der Waals surface area contributed by atoms with Gasteiger partial charge in [0, 0.05) is 30.5 Å². The molecule has 3 aromatic heterocycles. The number of aryl methyl sites for hydroxylation is 2. The van der Waals surface area contributed by atoms with E-state index in [4.69, 9.17) is 24.0 Å². The summed E-state index contributed by atoms with van der Waals surface area (Å²) in [6.45, 7) is 9.16. The number of imidazole rings is 1. The number of hydrogen-bond donors (Lipinski definition) is 1. The molecule has 4 heterocycles. The quantitative estimate of drug-likeness (QED) is 0.254. The summed E-state index contributed by atoms with van der Waals surface area (Å²) in [5.41, 5.74) is 6.67. The molecule has 0 spiro atoms. The lowest BCUT2D eigenvalue weighted by molar-refractivity contribution is 0.174. The third kappa shape index (κ3) is 5.00. The molecule has 2 unspecified atom stereocenters. The molecule has 39 heavy (non-hydrogen) atoms. The van der Waals surface area contributed by atoms with Crippen molar-refractivity contribution in [3.63, 3.8) is 0 Å². The van der Waals surface area contributed by atoms with Gasteiger partial charge in [-0.15, -0.1) is 12.4 Å². The zero-order chi connectivity index (χ0) is 26.2. The van der Waals surface area contributed by atoms with Gasteiger partial charge in [-0.25, -0.2) is 4.98 Å². The summed E-state index contributed by atoms with van der Waals surface area (Å²) in [7, 11) is 1.70. The molecule has 0 saturated carbocycles. The van der Waals surface area contributed by atoms with Crippen molar-refractivity contribution < 1.29 is 14.0 Å². The molecular weight excluding hydrogens is 514 g/mol. The van der Waals surface area contributed by atoms with Gasteiger partial charge in [-0.05, 0) is 51.4 Å². The van der Waals surface area contributed by atoms with Crippen molar-refractivity contribution in [2.24, 2.45) is 5.92 Å². The van der Waals surface area contributed by atoms with Crippen molar-refractivity contribution in [3.05, 3.63) is 71.5 Å². The summed E-state index contributed by atoms with van der Waals surface area (Å²) < 4.78 is 19.9. The summed E-state index contributed by atoms with van der Waals surface area (Å²) >= 11 is 0. The molecule has 1 fully saturated rings. The summed E-state index contributed by atoms with van der Waals surface area (Å²) in [6, 6.07) is 14.8. The molecule has 0 radical (unpaired) electrons. The van der Waals surface area contributed by atoms with Gasteiger partial charge in [-0.1, -0.05) is 35.5 Å². The minimum absolute atomic E-state index is 0. The Morgan fingerprint density at radius 3 is 2.67 bits per heavy atom. The highest BCUT2D eigenvalue weighted by Gasteiger charge is 2.24. The van der Waals surface area contributed by atoms with Crippen LogP contribution >= 0.6 is 12.4 Å². The second-order valence-electron chi connectivity index (χ2n) is 10.1. The van der Waals surface area contributed by atoms with E-state index >= 15 is 0 Å². The number of rotatable bonds is 8. The molecule has 9 heteroatoms. The van der Waals surface area contributed by atoms with E-state index in [2.05, 4.69) is 58.4 Å². The summed E-state index contributed by atoms with van der Waals surface area (Å²) in [5, 5.41) is 8.64. The zero-order valence-electron chi connectivity index (χ0n) is 22.7. The number of fused-ring (bicyclic) bond motifs is 3. The fraction of sp³-hybridized carbons (Fsp3) is 0.367. The zero-order valence-corrected chi connectivity index (χ0v) is 23.5. The average molecular weight is 548 g/mol. The number of pyridine rings is 1. The van der Waals surface area contributed by atoms with Crippen LogP contribution in [0.1, 0.15) is 42.2 Å². The van der Waals surface area contributed by atoms with E-state index in [1.165, 1.54) is 5.56 Å². The summed E-state index contributed by atoms with van der Waals surface area (Å²) in [4.78, 5) is 9.77. The van der Waals surface area contributed by atoms with Crippen LogP contribution in [0.5, 0.6) is 5.75 Å². The highest BCUT2D eigenvalue weighted by Crippen LogP contribution is 2.40. The monoisotopic (exact) mass is 547 g/mol. The van der Waals surface area contributed by atoms with Gasteiger partial charge in [0.15, 0.2) is 0 Å². The van der Waals surface area contributed by atoms with Crippen LogP contribution in [0, 0.1) is 19.8 Å². The molecule has 6 rings (SSSR count). The predicted octanol–water partition coefficient (Wildman–Crippen LogP) is 6.02. The first-order valence-corrected chi connectivity index (χ1v) is 13.2. The van der Waals surface area contributed by atoms with Crippen LogP contribution in [0.15, 0.2) is 53.2 Å². The molecule has 8 nitrogen and oxygen atoms in total. The molecule has 2 atom stereocenters. The van der Waals surface area contributed by atoms with Crippen LogP contribution in [-0.4, -0.2) is 46.5 Å². The maximum absolute atomic E-state index is 6.56. The lowest BCUT2D eigenvalue weighted by Gasteiger charge is -2.20. The maximum atomic E-state index is 6.56. The van der Waals surface area contributed by atoms with Crippen LogP contribution in [0.4, 0.5) is 0 Å². The van der Waals surface area contributed by atoms with Crippen molar-refractivity contribution >= 4 is 34.3 Å². The van der Waals surface area contributed by atoms with Gasteiger partial charge in [0.1, 0.15) is 29.5 Å². The van der Waals surface area contributed by atoms with E-state index in [0.29, 0.717) is 19.1 Å². The minimum atomic E-state index is 0. The molecule has 5 aromatic rings. The lowest BCUT2D eigenvalue weighted by atomic mass is 10.00. The molecule has 0 bridgehead atoms. The molecule has 1 aliphatic heterocycles. The topological polar surface area (TPSA) is 87.2 Å². The predicted molar refractivity (Wildman–Crippen MR) is 155 cm³/mol. The van der Waals surface area contributed by atoms with Gasteiger partial charge in [0.2, 0.25) is 0 Å². The van der Waals surface area contributed by atoms with Gasteiger partial charge in [0.05, 0.1) is 41.1 Å². The molecule has 204 valence electrons. The third-order valence-corrected chi connectivity index (χ3v) is 7.57. The number of ether oxygens (including phenoxy) is 2. The molecule has 1 aliphatic rings. The Morgan fingerprint density at radius 2 is 1.97 bits per heavy atom. The fourth-order valence-electron chi connectivity index (χ4n) is 5.63. The maximum Gasteiger partial charge on any atom is 0.141 e. The number of halogens is 1. The van der Waals surface area contributed by atoms with Crippen LogP contribution < -0.4 is 10.1 Å². The Labute approximate surface area is 234 Å². The Hall–Kier alpha value is -3.46. The molecule has 2 aromatic carbocycles. The smallest absolute Gasteiger partial charge is 0.141 e. The minimum Gasteiger partial charge on any atom is -0.493 e. The molecule has 0 amide bonds. The van der Waals surface area contributed by atoms with Gasteiger partial charge in [0.25, 0.3) is 0 Å². The van der Waals surface area contributed by atoms with Crippen molar-refractivity contribution in [2.45, 2.75) is 39.8 Å². The first-order chi connectivity index (χ1) is 18.5. The van der Waals surface area contributed by atoms with Crippen molar-refractivity contribution in [3.8, 4) is 16.9 Å². The second-order valence-corrected chi connectivity index (χ2v) is 10.1. The van der Waals surface area contributed by atoms with E-state index < -0.39 is 0 Å². The normalized spacial score (nSPS) is 16.1. The van der Waals surface area contributed by atoms with E-state index in [1.54, 1.807) is 7.11 Å². The first kappa shape index (κ1) is 27.1. The fourth-order valence-corrected chi connectivity index (χ4v) is 5.63. The Balaban J connectivity index is 0.00000308. The van der Waals surface area contributed by atoms with Gasteiger partial charge < -0.3 is 23.9 Å². The number of aromatic nitrogens is 4.